The molecule has 0 amide bonds. The molecule has 0 aliphatic heterocycles. The van der Waals surface area contributed by atoms with Gasteiger partial charge in [0.25, 0.3) is 0 Å². The summed E-state index contributed by atoms with van der Waals surface area (Å²) in [7, 11) is 0. The average molecular weight is 270 g/mol. The highest BCUT2D eigenvalue weighted by atomic mass is 16.6. The monoisotopic (exact) mass is 270 g/mol. The van der Waals surface area contributed by atoms with Crippen molar-refractivity contribution in [2.45, 2.75) is 40.2 Å². The molecule has 0 aromatic heterocycles. The number of carbonyl (C=O) groups is 1. The molecular formula is C18H22O2. The summed E-state index contributed by atoms with van der Waals surface area (Å²) in [4.78, 5) is 12.5. The van der Waals surface area contributed by atoms with Crippen molar-refractivity contribution in [1.82, 2.24) is 0 Å². The van der Waals surface area contributed by atoms with Crippen molar-refractivity contribution >= 4 is 5.97 Å². The molecule has 0 heterocycles. The van der Waals surface area contributed by atoms with Gasteiger partial charge in [-0.2, -0.15) is 0 Å². The van der Waals surface area contributed by atoms with Gasteiger partial charge in [0, 0.05) is 5.92 Å². The Bertz CT molecular complexity index is 572. The van der Waals surface area contributed by atoms with Crippen LogP contribution in [0.4, 0.5) is 0 Å². The number of rotatable bonds is 2. The summed E-state index contributed by atoms with van der Waals surface area (Å²) in [6, 6.07) is 4.04. The Morgan fingerprint density at radius 1 is 1.15 bits per heavy atom. The molecular weight excluding hydrogens is 248 g/mol. The molecule has 2 nitrogen and oxygen atoms in total. The number of ether oxygens (including phenoxy) is 1. The summed E-state index contributed by atoms with van der Waals surface area (Å²) in [5.74, 6) is -0.0724. The van der Waals surface area contributed by atoms with E-state index < -0.39 is 5.60 Å². The van der Waals surface area contributed by atoms with Gasteiger partial charge in [0.1, 0.15) is 5.60 Å². The first kappa shape index (κ1) is 14.6. The highest BCUT2D eigenvalue weighted by Gasteiger charge is 2.33. The van der Waals surface area contributed by atoms with Crippen LogP contribution >= 0.6 is 0 Å². The number of carbonyl (C=O) groups excluding carboxylic acids is 1. The van der Waals surface area contributed by atoms with Crippen LogP contribution in [0.1, 0.15) is 40.9 Å². The molecule has 0 saturated heterocycles. The molecule has 2 unspecified atom stereocenters. The van der Waals surface area contributed by atoms with Gasteiger partial charge in [-0.05, 0) is 44.9 Å². The van der Waals surface area contributed by atoms with Crippen LogP contribution in [0.5, 0.6) is 0 Å². The molecule has 1 aromatic rings. The molecule has 0 fully saturated rings. The molecule has 2 heteroatoms. The van der Waals surface area contributed by atoms with E-state index >= 15 is 0 Å². The third-order valence-corrected chi connectivity index (χ3v) is 4.04. The quantitative estimate of drug-likeness (QED) is 0.749. The first-order valence-electron chi connectivity index (χ1n) is 7.01. The molecule has 106 valence electrons. The van der Waals surface area contributed by atoms with Crippen molar-refractivity contribution in [3.8, 4) is 0 Å². The fourth-order valence-corrected chi connectivity index (χ4v) is 2.70. The van der Waals surface area contributed by atoms with E-state index in [9.17, 15) is 4.79 Å². The molecule has 1 aliphatic carbocycles. The van der Waals surface area contributed by atoms with Gasteiger partial charge in [-0.3, -0.25) is 0 Å². The lowest BCUT2D eigenvalue weighted by molar-refractivity contribution is -0.00315. The van der Waals surface area contributed by atoms with Crippen LogP contribution in [0.15, 0.2) is 36.4 Å². The Balaban J connectivity index is 2.30. The van der Waals surface area contributed by atoms with Gasteiger partial charge in [0.05, 0.1) is 5.56 Å². The lowest BCUT2D eigenvalue weighted by atomic mass is 9.86. The summed E-state index contributed by atoms with van der Waals surface area (Å²) in [5, 5.41) is 0. The molecule has 1 aliphatic rings. The van der Waals surface area contributed by atoms with Crippen LogP contribution in [0, 0.1) is 26.7 Å². The average Bonchev–Trinajstić information content (AvgIpc) is 2.31. The Hall–Kier alpha value is -1.83. The minimum atomic E-state index is -0.574. The number of hydrogen-bond donors (Lipinski definition) is 0. The smallest absolute Gasteiger partial charge is 0.339 e. The Kier molecular flexibility index (Phi) is 3.85. The van der Waals surface area contributed by atoms with Crippen LogP contribution in [-0.2, 0) is 4.74 Å². The van der Waals surface area contributed by atoms with Crippen molar-refractivity contribution in [2.24, 2.45) is 5.92 Å². The van der Waals surface area contributed by atoms with Crippen LogP contribution in [0.25, 0.3) is 0 Å². The van der Waals surface area contributed by atoms with Gasteiger partial charge in [0.15, 0.2) is 0 Å². The third-order valence-electron chi connectivity index (χ3n) is 4.04. The van der Waals surface area contributed by atoms with Crippen molar-refractivity contribution in [3.63, 3.8) is 0 Å². The molecule has 0 spiro atoms. The number of benzene rings is 1. The maximum absolute atomic E-state index is 12.5. The van der Waals surface area contributed by atoms with E-state index in [-0.39, 0.29) is 11.9 Å². The Labute approximate surface area is 121 Å². The second kappa shape index (κ2) is 5.28. The summed E-state index contributed by atoms with van der Waals surface area (Å²) in [6.45, 7) is 9.96. The fraction of sp³-hybridized carbons (Fsp3) is 0.389. The largest absolute Gasteiger partial charge is 0.451 e. The lowest BCUT2D eigenvalue weighted by Gasteiger charge is -2.33. The third kappa shape index (κ3) is 2.69. The summed E-state index contributed by atoms with van der Waals surface area (Å²) < 4.78 is 5.80. The van der Waals surface area contributed by atoms with Gasteiger partial charge in [-0.1, -0.05) is 42.8 Å². The van der Waals surface area contributed by atoms with Crippen molar-refractivity contribution in [3.05, 3.63) is 58.7 Å². The minimum absolute atomic E-state index is 0.169. The lowest BCUT2D eigenvalue weighted by Crippen LogP contribution is -2.37. The van der Waals surface area contributed by atoms with Gasteiger partial charge in [-0.25, -0.2) is 4.79 Å². The molecule has 20 heavy (non-hydrogen) atoms. The standard InChI is InChI=1S/C18H22O2/c1-12-10-13(2)16(14(3)11-12)17(19)20-18(5)9-7-6-8-15(18)4/h6-11,15H,1-5H3. The van der Waals surface area contributed by atoms with Crippen molar-refractivity contribution in [2.75, 3.05) is 0 Å². The zero-order valence-corrected chi connectivity index (χ0v) is 12.9. The number of hydrogen-bond acceptors (Lipinski definition) is 2. The zero-order chi connectivity index (χ0) is 14.9. The number of allylic oxidation sites excluding steroid dienone is 2. The summed E-state index contributed by atoms with van der Waals surface area (Å²) >= 11 is 0. The maximum atomic E-state index is 12.5. The summed E-state index contributed by atoms with van der Waals surface area (Å²) in [5.41, 5.74) is 3.22. The number of esters is 1. The zero-order valence-electron chi connectivity index (χ0n) is 12.9. The normalized spacial score (nSPS) is 24.8. The molecule has 2 atom stereocenters. The van der Waals surface area contributed by atoms with Crippen LogP contribution in [0.2, 0.25) is 0 Å². The SMILES string of the molecule is Cc1cc(C)c(C(=O)OC2(C)C=CC=CC2C)c(C)c1. The molecule has 2 rings (SSSR count). The fourth-order valence-electron chi connectivity index (χ4n) is 2.70. The van der Waals surface area contributed by atoms with E-state index in [0.717, 1.165) is 16.7 Å². The molecule has 0 radical (unpaired) electrons. The topological polar surface area (TPSA) is 26.3 Å². The van der Waals surface area contributed by atoms with Gasteiger partial charge in [-0.15, -0.1) is 0 Å². The van der Waals surface area contributed by atoms with Crippen LogP contribution in [-0.4, -0.2) is 11.6 Å². The Morgan fingerprint density at radius 3 is 2.30 bits per heavy atom. The second-order valence-corrected chi connectivity index (χ2v) is 5.88. The second-order valence-electron chi connectivity index (χ2n) is 5.88. The highest BCUT2D eigenvalue weighted by molar-refractivity contribution is 5.93. The van der Waals surface area contributed by atoms with Crippen molar-refractivity contribution < 1.29 is 9.53 Å². The van der Waals surface area contributed by atoms with E-state index in [1.807, 2.05) is 58.1 Å². The van der Waals surface area contributed by atoms with E-state index in [1.165, 1.54) is 0 Å². The van der Waals surface area contributed by atoms with Gasteiger partial charge >= 0.3 is 5.97 Å². The first-order valence-corrected chi connectivity index (χ1v) is 7.01. The molecule has 0 saturated carbocycles. The van der Waals surface area contributed by atoms with Gasteiger partial charge < -0.3 is 4.74 Å². The van der Waals surface area contributed by atoms with E-state index in [2.05, 4.69) is 13.0 Å². The van der Waals surface area contributed by atoms with E-state index in [4.69, 9.17) is 4.74 Å². The maximum Gasteiger partial charge on any atom is 0.339 e. The van der Waals surface area contributed by atoms with Crippen molar-refractivity contribution in [1.29, 1.82) is 0 Å². The predicted octanol–water partition coefficient (Wildman–Crippen LogP) is 4.29. The number of aryl methyl sites for hydroxylation is 3. The minimum Gasteiger partial charge on any atom is -0.451 e. The van der Waals surface area contributed by atoms with E-state index in [0.29, 0.717) is 5.56 Å². The summed E-state index contributed by atoms with van der Waals surface area (Å²) in [6.07, 6.45) is 7.93. The first-order chi connectivity index (χ1) is 9.33. The van der Waals surface area contributed by atoms with Gasteiger partial charge in [0.2, 0.25) is 0 Å². The highest BCUT2D eigenvalue weighted by Crippen LogP contribution is 2.30. The van der Waals surface area contributed by atoms with Crippen LogP contribution < -0.4 is 0 Å². The Morgan fingerprint density at radius 2 is 1.75 bits per heavy atom. The molecule has 0 bridgehead atoms. The predicted molar refractivity (Wildman–Crippen MR) is 81.9 cm³/mol. The van der Waals surface area contributed by atoms with E-state index in [1.54, 1.807) is 0 Å². The van der Waals surface area contributed by atoms with Crippen LogP contribution in [0.3, 0.4) is 0 Å². The molecule has 1 aromatic carbocycles. The molecule has 0 N–H and O–H groups in total.